The molecule has 0 aromatic heterocycles. The largest absolute Gasteiger partial charge is 0.392 e. The Morgan fingerprint density at radius 2 is 1.68 bits per heavy atom. The first-order valence-corrected chi connectivity index (χ1v) is 7.26. The molecule has 19 heavy (non-hydrogen) atoms. The van der Waals surface area contributed by atoms with Crippen LogP contribution in [0.3, 0.4) is 0 Å². The minimum atomic E-state index is 0.0337. The summed E-state index contributed by atoms with van der Waals surface area (Å²) in [7, 11) is 0. The number of unbranched alkanes of at least 4 members (excludes halogenated alkanes) is 5. The molecule has 0 radical (unpaired) electrons. The highest BCUT2D eigenvalue weighted by molar-refractivity contribution is 5.90. The van der Waals surface area contributed by atoms with E-state index < -0.39 is 0 Å². The van der Waals surface area contributed by atoms with E-state index in [4.69, 9.17) is 5.11 Å². The van der Waals surface area contributed by atoms with Gasteiger partial charge in [-0.3, -0.25) is 4.79 Å². The van der Waals surface area contributed by atoms with Crippen LogP contribution in [0.1, 0.15) is 57.4 Å². The molecule has 0 aliphatic heterocycles. The predicted molar refractivity (Wildman–Crippen MR) is 79.0 cm³/mol. The van der Waals surface area contributed by atoms with Gasteiger partial charge in [0.25, 0.3) is 0 Å². The predicted octanol–water partition coefficient (Wildman–Crippen LogP) is 3.87. The molecule has 0 atom stereocenters. The van der Waals surface area contributed by atoms with Crippen LogP contribution < -0.4 is 5.32 Å². The molecular weight excluding hydrogens is 238 g/mol. The van der Waals surface area contributed by atoms with E-state index in [0.29, 0.717) is 6.42 Å². The third kappa shape index (κ3) is 6.97. The van der Waals surface area contributed by atoms with Crippen molar-refractivity contribution in [3.63, 3.8) is 0 Å². The van der Waals surface area contributed by atoms with Crippen LogP contribution in [0.15, 0.2) is 24.3 Å². The van der Waals surface area contributed by atoms with E-state index in [1.807, 2.05) is 24.3 Å². The average molecular weight is 263 g/mol. The fourth-order valence-corrected chi connectivity index (χ4v) is 1.98. The van der Waals surface area contributed by atoms with Crippen molar-refractivity contribution in [3.05, 3.63) is 29.8 Å². The molecule has 106 valence electrons. The van der Waals surface area contributed by atoms with Gasteiger partial charge in [-0.15, -0.1) is 0 Å². The van der Waals surface area contributed by atoms with Crippen LogP contribution >= 0.6 is 0 Å². The minimum absolute atomic E-state index is 0.0337. The standard InChI is InChI=1S/C16H25NO2/c1-2-3-4-5-6-7-8-16(19)17-15-11-9-14(13-18)10-12-15/h9-12,18H,2-8,13H2,1H3,(H,17,19). The second kappa shape index (κ2) is 9.56. The number of anilines is 1. The number of aliphatic hydroxyl groups excluding tert-OH is 1. The molecule has 0 saturated carbocycles. The fraction of sp³-hybridized carbons (Fsp3) is 0.562. The van der Waals surface area contributed by atoms with Crippen molar-refractivity contribution in [1.82, 2.24) is 0 Å². The Bertz CT molecular complexity index is 360. The maximum absolute atomic E-state index is 11.7. The van der Waals surface area contributed by atoms with Gasteiger partial charge in [0.15, 0.2) is 0 Å². The quantitative estimate of drug-likeness (QED) is 0.664. The smallest absolute Gasteiger partial charge is 0.224 e. The molecule has 0 heterocycles. The van der Waals surface area contributed by atoms with Crippen molar-refractivity contribution >= 4 is 11.6 Å². The van der Waals surface area contributed by atoms with Gasteiger partial charge in [-0.1, -0.05) is 51.2 Å². The highest BCUT2D eigenvalue weighted by Gasteiger charge is 2.02. The number of carbonyl (C=O) groups excluding carboxylic acids is 1. The number of hydrogen-bond donors (Lipinski definition) is 2. The van der Waals surface area contributed by atoms with E-state index in [9.17, 15) is 4.79 Å². The average Bonchev–Trinajstić information content (AvgIpc) is 2.43. The second-order valence-electron chi connectivity index (χ2n) is 4.92. The SMILES string of the molecule is CCCCCCCCC(=O)Nc1ccc(CO)cc1. The van der Waals surface area contributed by atoms with Gasteiger partial charge in [-0.25, -0.2) is 0 Å². The van der Waals surface area contributed by atoms with Crippen molar-refractivity contribution in [2.45, 2.75) is 58.5 Å². The summed E-state index contributed by atoms with van der Waals surface area (Å²) < 4.78 is 0. The molecule has 0 fully saturated rings. The maximum atomic E-state index is 11.7. The van der Waals surface area contributed by atoms with Crippen LogP contribution in [0.25, 0.3) is 0 Å². The highest BCUT2D eigenvalue weighted by Crippen LogP contribution is 2.11. The minimum Gasteiger partial charge on any atom is -0.392 e. The molecule has 2 N–H and O–H groups in total. The third-order valence-electron chi connectivity index (χ3n) is 3.18. The number of benzene rings is 1. The first-order chi connectivity index (χ1) is 9.26. The summed E-state index contributed by atoms with van der Waals surface area (Å²) in [6.45, 7) is 2.24. The van der Waals surface area contributed by atoms with Gasteiger partial charge in [0.2, 0.25) is 5.91 Å². The molecule has 1 aromatic rings. The topological polar surface area (TPSA) is 49.3 Å². The Hall–Kier alpha value is -1.35. The summed E-state index contributed by atoms with van der Waals surface area (Å²) in [6.07, 6.45) is 7.75. The lowest BCUT2D eigenvalue weighted by Crippen LogP contribution is -2.10. The highest BCUT2D eigenvalue weighted by atomic mass is 16.3. The Morgan fingerprint density at radius 1 is 1.05 bits per heavy atom. The monoisotopic (exact) mass is 263 g/mol. The van der Waals surface area contributed by atoms with Crippen molar-refractivity contribution in [2.24, 2.45) is 0 Å². The molecule has 0 saturated heterocycles. The van der Waals surface area contributed by atoms with E-state index in [-0.39, 0.29) is 12.5 Å². The first-order valence-electron chi connectivity index (χ1n) is 7.26. The summed E-state index contributed by atoms with van der Waals surface area (Å²) >= 11 is 0. The van der Waals surface area contributed by atoms with Gasteiger partial charge in [0.1, 0.15) is 0 Å². The summed E-state index contributed by atoms with van der Waals surface area (Å²) in [5.74, 6) is 0.0761. The van der Waals surface area contributed by atoms with E-state index in [2.05, 4.69) is 12.2 Å². The normalized spacial score (nSPS) is 10.4. The van der Waals surface area contributed by atoms with E-state index in [0.717, 1.165) is 24.1 Å². The molecule has 1 amide bonds. The van der Waals surface area contributed by atoms with Gasteiger partial charge in [-0.05, 0) is 24.1 Å². The Kier molecular flexibility index (Phi) is 7.91. The van der Waals surface area contributed by atoms with Crippen molar-refractivity contribution < 1.29 is 9.90 Å². The zero-order chi connectivity index (χ0) is 13.9. The zero-order valence-electron chi connectivity index (χ0n) is 11.8. The molecule has 3 nitrogen and oxygen atoms in total. The number of carbonyl (C=O) groups is 1. The lowest BCUT2D eigenvalue weighted by molar-refractivity contribution is -0.116. The fourth-order valence-electron chi connectivity index (χ4n) is 1.98. The number of aliphatic hydroxyl groups is 1. The Balaban J connectivity index is 2.16. The van der Waals surface area contributed by atoms with Crippen LogP contribution in [0.4, 0.5) is 5.69 Å². The molecule has 1 aromatic carbocycles. The Morgan fingerprint density at radius 3 is 2.32 bits per heavy atom. The molecule has 0 unspecified atom stereocenters. The lowest BCUT2D eigenvalue weighted by Gasteiger charge is -2.06. The molecular formula is C16H25NO2. The van der Waals surface area contributed by atoms with Crippen LogP contribution in [0, 0.1) is 0 Å². The summed E-state index contributed by atoms with van der Waals surface area (Å²) in [4.78, 5) is 11.7. The Labute approximate surface area is 116 Å². The van der Waals surface area contributed by atoms with E-state index in [1.54, 1.807) is 0 Å². The van der Waals surface area contributed by atoms with Gasteiger partial charge in [0, 0.05) is 12.1 Å². The first kappa shape index (κ1) is 15.7. The number of nitrogens with one attached hydrogen (secondary N) is 1. The van der Waals surface area contributed by atoms with Gasteiger partial charge in [0.05, 0.1) is 6.61 Å². The van der Waals surface area contributed by atoms with Crippen molar-refractivity contribution in [2.75, 3.05) is 5.32 Å². The second-order valence-corrected chi connectivity index (χ2v) is 4.92. The summed E-state index contributed by atoms with van der Waals surface area (Å²) in [5, 5.41) is 11.8. The molecule has 0 aliphatic rings. The number of hydrogen-bond acceptors (Lipinski definition) is 2. The lowest BCUT2D eigenvalue weighted by atomic mass is 10.1. The van der Waals surface area contributed by atoms with Crippen molar-refractivity contribution in [3.8, 4) is 0 Å². The van der Waals surface area contributed by atoms with E-state index in [1.165, 1.54) is 25.7 Å². The van der Waals surface area contributed by atoms with Crippen LogP contribution in [0.5, 0.6) is 0 Å². The molecule has 0 spiro atoms. The van der Waals surface area contributed by atoms with Gasteiger partial charge >= 0.3 is 0 Å². The molecule has 1 rings (SSSR count). The van der Waals surface area contributed by atoms with Crippen LogP contribution in [-0.2, 0) is 11.4 Å². The van der Waals surface area contributed by atoms with Gasteiger partial charge < -0.3 is 10.4 Å². The summed E-state index contributed by atoms with van der Waals surface area (Å²) in [5.41, 5.74) is 1.65. The third-order valence-corrected chi connectivity index (χ3v) is 3.18. The molecule has 3 heteroatoms. The summed E-state index contributed by atoms with van der Waals surface area (Å²) in [6, 6.07) is 7.29. The number of amides is 1. The number of rotatable bonds is 9. The van der Waals surface area contributed by atoms with Crippen LogP contribution in [-0.4, -0.2) is 11.0 Å². The van der Waals surface area contributed by atoms with Crippen molar-refractivity contribution in [1.29, 1.82) is 0 Å². The van der Waals surface area contributed by atoms with Crippen LogP contribution in [0.2, 0.25) is 0 Å². The van der Waals surface area contributed by atoms with Gasteiger partial charge in [-0.2, -0.15) is 0 Å². The molecule has 0 aliphatic carbocycles. The maximum Gasteiger partial charge on any atom is 0.224 e. The van der Waals surface area contributed by atoms with E-state index >= 15 is 0 Å². The zero-order valence-corrected chi connectivity index (χ0v) is 11.8. The molecule has 0 bridgehead atoms.